The van der Waals surface area contributed by atoms with E-state index in [9.17, 15) is 8.42 Å². The SMILES string of the molecule is CS(=O)(=O)O.OCc1cccnc1. The number of aliphatic hydroxyl groups excluding tert-OH is 1. The second-order valence-corrected chi connectivity index (χ2v) is 3.72. The number of nitrogens with zero attached hydrogens (tertiary/aromatic N) is 1. The minimum absolute atomic E-state index is 0.0772. The van der Waals surface area contributed by atoms with Gasteiger partial charge in [-0.15, -0.1) is 0 Å². The Morgan fingerprint density at radius 1 is 1.54 bits per heavy atom. The molecule has 0 radical (unpaired) electrons. The van der Waals surface area contributed by atoms with Crippen LogP contribution in [-0.4, -0.2) is 29.3 Å². The summed E-state index contributed by atoms with van der Waals surface area (Å²) in [5, 5.41) is 8.50. The Kier molecular flexibility index (Phi) is 5.20. The van der Waals surface area contributed by atoms with Crippen molar-refractivity contribution in [3.63, 3.8) is 0 Å². The first kappa shape index (κ1) is 12.0. The molecule has 0 amide bonds. The molecule has 5 nitrogen and oxygen atoms in total. The molecule has 6 heteroatoms. The minimum atomic E-state index is -3.67. The summed E-state index contributed by atoms with van der Waals surface area (Å²) in [5.74, 6) is 0. The van der Waals surface area contributed by atoms with Crippen LogP contribution in [0.25, 0.3) is 0 Å². The quantitative estimate of drug-likeness (QED) is 0.634. The third-order valence-corrected chi connectivity index (χ3v) is 0.905. The average Bonchev–Trinajstić information content (AvgIpc) is 2.03. The molecule has 0 aliphatic carbocycles. The van der Waals surface area contributed by atoms with Crippen molar-refractivity contribution in [3.8, 4) is 0 Å². The van der Waals surface area contributed by atoms with Gasteiger partial charge in [0.25, 0.3) is 10.1 Å². The lowest BCUT2D eigenvalue weighted by atomic mass is 10.3. The second-order valence-electron chi connectivity index (χ2n) is 2.25. The molecule has 2 N–H and O–H groups in total. The summed E-state index contributed by atoms with van der Waals surface area (Å²) in [4.78, 5) is 3.80. The highest BCUT2D eigenvalue weighted by molar-refractivity contribution is 7.85. The van der Waals surface area contributed by atoms with Gasteiger partial charge >= 0.3 is 0 Å². The van der Waals surface area contributed by atoms with Crippen LogP contribution in [0.1, 0.15) is 5.56 Å². The van der Waals surface area contributed by atoms with Crippen molar-refractivity contribution >= 4 is 10.1 Å². The molecule has 0 spiro atoms. The minimum Gasteiger partial charge on any atom is -0.392 e. The molecule has 0 atom stereocenters. The fourth-order valence-corrected chi connectivity index (χ4v) is 0.492. The number of pyridine rings is 1. The molecule has 74 valence electrons. The predicted molar refractivity (Wildman–Crippen MR) is 47.6 cm³/mol. The van der Waals surface area contributed by atoms with Crippen molar-refractivity contribution < 1.29 is 18.1 Å². The molecule has 0 bridgehead atoms. The Morgan fingerprint density at radius 3 is 2.31 bits per heavy atom. The van der Waals surface area contributed by atoms with Gasteiger partial charge in [-0.1, -0.05) is 6.07 Å². The zero-order valence-corrected chi connectivity index (χ0v) is 7.90. The highest BCUT2D eigenvalue weighted by atomic mass is 32.2. The molecule has 1 heterocycles. The molecule has 1 aromatic heterocycles. The van der Waals surface area contributed by atoms with Crippen molar-refractivity contribution in [1.29, 1.82) is 0 Å². The predicted octanol–water partition coefficient (Wildman–Crippen LogP) is 0.0779. The van der Waals surface area contributed by atoms with Gasteiger partial charge < -0.3 is 5.11 Å². The maximum atomic E-state index is 9.19. The number of aliphatic hydroxyl groups is 1. The van der Waals surface area contributed by atoms with E-state index < -0.39 is 10.1 Å². The molecule has 0 aliphatic rings. The summed E-state index contributed by atoms with van der Waals surface area (Å²) < 4.78 is 25.9. The largest absolute Gasteiger partial charge is 0.392 e. The van der Waals surface area contributed by atoms with Crippen LogP contribution in [0.3, 0.4) is 0 Å². The van der Waals surface area contributed by atoms with Crippen molar-refractivity contribution in [2.45, 2.75) is 6.61 Å². The molecule has 0 fully saturated rings. The van der Waals surface area contributed by atoms with E-state index in [2.05, 4.69) is 4.98 Å². The van der Waals surface area contributed by atoms with Gasteiger partial charge in [-0.2, -0.15) is 8.42 Å². The fraction of sp³-hybridized carbons (Fsp3) is 0.286. The van der Waals surface area contributed by atoms with Crippen molar-refractivity contribution in [1.82, 2.24) is 4.98 Å². The molecular weight excluding hydrogens is 194 g/mol. The van der Waals surface area contributed by atoms with E-state index in [1.165, 1.54) is 0 Å². The van der Waals surface area contributed by atoms with Crippen molar-refractivity contribution in [3.05, 3.63) is 30.1 Å². The standard InChI is InChI=1S/C6H7NO.CH4O3S/c8-5-6-2-1-3-7-4-6;1-5(2,3)4/h1-4,8H,5H2;1H3,(H,2,3,4). The Balaban J connectivity index is 0.000000252. The Bertz CT molecular complexity index is 314. The highest BCUT2D eigenvalue weighted by Crippen LogP contribution is 1.92. The van der Waals surface area contributed by atoms with E-state index in [-0.39, 0.29) is 6.61 Å². The lowest BCUT2D eigenvalue weighted by molar-refractivity contribution is 0.281. The Labute approximate surface area is 76.8 Å². The van der Waals surface area contributed by atoms with E-state index in [0.29, 0.717) is 6.26 Å². The number of hydrogen-bond acceptors (Lipinski definition) is 4. The Hall–Kier alpha value is -0.980. The number of rotatable bonds is 1. The lowest BCUT2D eigenvalue weighted by Crippen LogP contribution is -1.88. The van der Waals surface area contributed by atoms with Gasteiger partial charge in [0.2, 0.25) is 0 Å². The molecule has 0 saturated carbocycles. The van der Waals surface area contributed by atoms with Crippen LogP contribution >= 0.6 is 0 Å². The van der Waals surface area contributed by atoms with Gasteiger partial charge in [-0.3, -0.25) is 9.54 Å². The van der Waals surface area contributed by atoms with Crippen LogP contribution in [0.2, 0.25) is 0 Å². The second kappa shape index (κ2) is 5.63. The third-order valence-electron chi connectivity index (χ3n) is 0.905. The first-order valence-corrected chi connectivity index (χ1v) is 5.20. The lowest BCUT2D eigenvalue weighted by Gasteiger charge is -1.88. The summed E-state index contributed by atoms with van der Waals surface area (Å²) in [7, 11) is -3.67. The summed E-state index contributed by atoms with van der Waals surface area (Å²) >= 11 is 0. The fourth-order valence-electron chi connectivity index (χ4n) is 0.492. The van der Waals surface area contributed by atoms with Crippen molar-refractivity contribution in [2.24, 2.45) is 0 Å². The van der Waals surface area contributed by atoms with Crippen LogP contribution in [0, 0.1) is 0 Å². The maximum absolute atomic E-state index is 9.19. The van der Waals surface area contributed by atoms with Crippen LogP contribution in [0.15, 0.2) is 24.5 Å². The topological polar surface area (TPSA) is 87.5 Å². The molecule has 1 aromatic rings. The third kappa shape index (κ3) is 11.0. The molecule has 0 saturated heterocycles. The van der Waals surface area contributed by atoms with Gasteiger partial charge in [-0.25, -0.2) is 0 Å². The molecule has 1 rings (SSSR count). The van der Waals surface area contributed by atoms with E-state index in [4.69, 9.17) is 9.66 Å². The van der Waals surface area contributed by atoms with Crippen LogP contribution in [-0.2, 0) is 16.7 Å². The molecule has 0 aliphatic heterocycles. The van der Waals surface area contributed by atoms with Crippen LogP contribution in [0.4, 0.5) is 0 Å². The summed E-state index contributed by atoms with van der Waals surface area (Å²) in [6.07, 6.45) is 4.03. The summed E-state index contributed by atoms with van der Waals surface area (Å²) in [6.45, 7) is 0.0772. The normalized spacial score (nSPS) is 10.1. The Morgan fingerprint density at radius 2 is 2.08 bits per heavy atom. The van der Waals surface area contributed by atoms with E-state index in [1.807, 2.05) is 6.07 Å². The van der Waals surface area contributed by atoms with E-state index in [1.54, 1.807) is 18.5 Å². The number of hydrogen-bond donors (Lipinski definition) is 2. The molecular formula is C7H11NO4S. The van der Waals surface area contributed by atoms with Crippen molar-refractivity contribution in [2.75, 3.05) is 6.26 Å². The summed E-state index contributed by atoms with van der Waals surface area (Å²) in [5.41, 5.74) is 0.854. The van der Waals surface area contributed by atoms with Crippen LogP contribution < -0.4 is 0 Å². The zero-order valence-electron chi connectivity index (χ0n) is 7.08. The molecule has 13 heavy (non-hydrogen) atoms. The highest BCUT2D eigenvalue weighted by Gasteiger charge is 1.82. The molecule has 0 aromatic carbocycles. The van der Waals surface area contributed by atoms with Gasteiger partial charge in [0, 0.05) is 12.4 Å². The van der Waals surface area contributed by atoms with Gasteiger partial charge in [0.1, 0.15) is 0 Å². The van der Waals surface area contributed by atoms with E-state index >= 15 is 0 Å². The first-order valence-electron chi connectivity index (χ1n) is 3.35. The zero-order chi connectivity index (χ0) is 10.3. The van der Waals surface area contributed by atoms with Gasteiger partial charge in [0.15, 0.2) is 0 Å². The smallest absolute Gasteiger partial charge is 0.261 e. The van der Waals surface area contributed by atoms with Gasteiger partial charge in [0.05, 0.1) is 12.9 Å². The average molecular weight is 205 g/mol. The maximum Gasteiger partial charge on any atom is 0.261 e. The first-order chi connectivity index (χ1) is 5.93. The van der Waals surface area contributed by atoms with E-state index in [0.717, 1.165) is 5.56 Å². The van der Waals surface area contributed by atoms with Crippen LogP contribution in [0.5, 0.6) is 0 Å². The summed E-state index contributed by atoms with van der Waals surface area (Å²) in [6, 6.07) is 3.62. The number of aromatic nitrogens is 1. The monoisotopic (exact) mass is 205 g/mol. The molecule has 0 unspecified atom stereocenters. The van der Waals surface area contributed by atoms with Gasteiger partial charge in [-0.05, 0) is 11.6 Å².